The van der Waals surface area contributed by atoms with Crippen molar-refractivity contribution >= 4 is 11.8 Å². The number of carbonyl (C=O) groups excluding carboxylic acids is 1. The van der Waals surface area contributed by atoms with Crippen LogP contribution in [0.25, 0.3) is 0 Å². The van der Waals surface area contributed by atoms with Crippen LogP contribution in [0.5, 0.6) is 0 Å². The van der Waals surface area contributed by atoms with E-state index in [1.165, 1.54) is 0 Å². The Morgan fingerprint density at radius 1 is 1.43 bits per heavy atom. The van der Waals surface area contributed by atoms with Crippen LogP contribution in [0.15, 0.2) is 24.3 Å². The van der Waals surface area contributed by atoms with Crippen LogP contribution in [0.1, 0.15) is 39.7 Å². The number of carbonyl (C=O) groups is 1. The van der Waals surface area contributed by atoms with Crippen LogP contribution in [0.2, 0.25) is 0 Å². The number of nitrogens with zero attached hydrogens (tertiary/aromatic N) is 1. The largest absolute Gasteiger partial charge is 0.444 e. The van der Waals surface area contributed by atoms with Gasteiger partial charge in [-0.3, -0.25) is 0 Å². The molecule has 5 nitrogen and oxygen atoms in total. The van der Waals surface area contributed by atoms with E-state index in [4.69, 9.17) is 4.74 Å². The van der Waals surface area contributed by atoms with Crippen LogP contribution in [-0.2, 0) is 11.3 Å². The summed E-state index contributed by atoms with van der Waals surface area (Å²) >= 11 is 0. The highest BCUT2D eigenvalue weighted by Gasteiger charge is 2.37. The van der Waals surface area contributed by atoms with Crippen LogP contribution in [0.3, 0.4) is 0 Å². The van der Waals surface area contributed by atoms with Crippen molar-refractivity contribution in [3.8, 4) is 0 Å². The Labute approximate surface area is 138 Å². The number of likely N-dealkylation sites (tertiary alicyclic amines) is 1. The highest BCUT2D eigenvalue weighted by Crippen LogP contribution is 2.31. The summed E-state index contributed by atoms with van der Waals surface area (Å²) in [6, 6.07) is 7.76. The number of aliphatic hydroxyl groups is 1. The third kappa shape index (κ3) is 5.13. The maximum absolute atomic E-state index is 12.2. The second-order valence-electron chi connectivity index (χ2n) is 7.67. The minimum Gasteiger partial charge on any atom is -0.444 e. The van der Waals surface area contributed by atoms with E-state index in [0.29, 0.717) is 6.54 Å². The molecular formula is C18H28N2O3. The standard InChI is InChI=1S/C18H28N2O3/c1-17(2,3)23-16(22)20-9-8-18(4,13-20)12-19-15-7-5-6-14(10-15)11-21/h5-7,10,19,21H,8-9,11-13H2,1-4H3/t18-/m1/s1. The monoisotopic (exact) mass is 320 g/mol. The molecule has 2 N–H and O–H groups in total. The summed E-state index contributed by atoms with van der Waals surface area (Å²) in [5.41, 5.74) is 1.45. The van der Waals surface area contributed by atoms with Crippen molar-refractivity contribution in [1.29, 1.82) is 0 Å². The first kappa shape index (κ1) is 17.6. The number of nitrogens with one attached hydrogen (secondary N) is 1. The molecule has 0 aliphatic carbocycles. The normalized spacial score (nSPS) is 21.3. The number of benzene rings is 1. The lowest BCUT2D eigenvalue weighted by atomic mass is 9.90. The molecule has 0 spiro atoms. The first-order chi connectivity index (χ1) is 10.7. The van der Waals surface area contributed by atoms with Gasteiger partial charge in [0, 0.05) is 30.7 Å². The van der Waals surface area contributed by atoms with E-state index in [-0.39, 0.29) is 18.1 Å². The van der Waals surface area contributed by atoms with Crippen molar-refractivity contribution in [2.75, 3.05) is 25.0 Å². The van der Waals surface area contributed by atoms with Crippen LogP contribution >= 0.6 is 0 Å². The Kier molecular flexibility index (Phi) is 5.19. The molecule has 1 atom stereocenters. The average Bonchev–Trinajstić information content (AvgIpc) is 2.87. The van der Waals surface area contributed by atoms with Gasteiger partial charge in [-0.15, -0.1) is 0 Å². The molecule has 0 saturated carbocycles. The Morgan fingerprint density at radius 3 is 2.83 bits per heavy atom. The fourth-order valence-corrected chi connectivity index (χ4v) is 2.75. The van der Waals surface area contributed by atoms with E-state index in [1.807, 2.05) is 45.0 Å². The predicted octanol–water partition coefficient (Wildman–Crippen LogP) is 3.24. The van der Waals surface area contributed by atoms with Gasteiger partial charge in [-0.2, -0.15) is 0 Å². The molecule has 1 amide bonds. The highest BCUT2D eigenvalue weighted by atomic mass is 16.6. The summed E-state index contributed by atoms with van der Waals surface area (Å²) in [6.07, 6.45) is 0.711. The second kappa shape index (κ2) is 6.79. The third-order valence-electron chi connectivity index (χ3n) is 4.04. The number of aliphatic hydroxyl groups excluding tert-OH is 1. The minimum atomic E-state index is -0.459. The fourth-order valence-electron chi connectivity index (χ4n) is 2.75. The number of rotatable bonds is 4. The van der Waals surface area contributed by atoms with Gasteiger partial charge in [0.1, 0.15) is 5.60 Å². The second-order valence-corrected chi connectivity index (χ2v) is 7.67. The smallest absolute Gasteiger partial charge is 0.410 e. The van der Waals surface area contributed by atoms with Gasteiger partial charge in [-0.25, -0.2) is 4.79 Å². The van der Waals surface area contributed by atoms with E-state index in [9.17, 15) is 9.90 Å². The lowest BCUT2D eigenvalue weighted by molar-refractivity contribution is 0.0277. The van der Waals surface area contributed by atoms with Crippen molar-refractivity contribution < 1.29 is 14.6 Å². The molecule has 0 radical (unpaired) electrons. The van der Waals surface area contributed by atoms with Gasteiger partial charge < -0.3 is 20.1 Å². The van der Waals surface area contributed by atoms with Crippen LogP contribution in [-0.4, -0.2) is 41.3 Å². The molecule has 0 unspecified atom stereocenters. The predicted molar refractivity (Wildman–Crippen MR) is 91.4 cm³/mol. The molecule has 1 fully saturated rings. The van der Waals surface area contributed by atoms with Crippen molar-refractivity contribution in [3.05, 3.63) is 29.8 Å². The summed E-state index contributed by atoms with van der Waals surface area (Å²) in [4.78, 5) is 14.0. The Balaban J connectivity index is 1.89. The van der Waals surface area contributed by atoms with Gasteiger partial charge in [0.2, 0.25) is 0 Å². The zero-order chi connectivity index (χ0) is 17.1. The Bertz CT molecular complexity index is 553. The molecular weight excluding hydrogens is 292 g/mol. The van der Waals surface area contributed by atoms with Crippen molar-refractivity contribution in [3.63, 3.8) is 0 Å². The molecule has 2 rings (SSSR count). The van der Waals surface area contributed by atoms with E-state index in [0.717, 1.165) is 30.8 Å². The number of amides is 1. The third-order valence-corrected chi connectivity index (χ3v) is 4.04. The topological polar surface area (TPSA) is 61.8 Å². The molecule has 5 heteroatoms. The molecule has 128 valence electrons. The zero-order valence-electron chi connectivity index (χ0n) is 14.6. The zero-order valence-corrected chi connectivity index (χ0v) is 14.6. The van der Waals surface area contributed by atoms with Crippen LogP contribution in [0.4, 0.5) is 10.5 Å². The molecule has 1 heterocycles. The Morgan fingerprint density at radius 2 is 2.17 bits per heavy atom. The van der Waals surface area contributed by atoms with Gasteiger partial charge in [0.05, 0.1) is 6.61 Å². The number of anilines is 1. The first-order valence-corrected chi connectivity index (χ1v) is 8.12. The number of ether oxygens (including phenoxy) is 1. The van der Waals surface area contributed by atoms with E-state index in [2.05, 4.69) is 12.2 Å². The van der Waals surface area contributed by atoms with E-state index in [1.54, 1.807) is 4.90 Å². The van der Waals surface area contributed by atoms with Gasteiger partial charge in [-0.05, 0) is 44.9 Å². The van der Waals surface area contributed by atoms with Gasteiger partial charge >= 0.3 is 6.09 Å². The first-order valence-electron chi connectivity index (χ1n) is 8.12. The summed E-state index contributed by atoms with van der Waals surface area (Å²) in [7, 11) is 0. The summed E-state index contributed by atoms with van der Waals surface area (Å²) in [6.45, 7) is 10.1. The molecule has 1 saturated heterocycles. The van der Waals surface area contributed by atoms with Crippen molar-refractivity contribution in [1.82, 2.24) is 4.90 Å². The number of hydrogen-bond acceptors (Lipinski definition) is 4. The van der Waals surface area contributed by atoms with Crippen LogP contribution < -0.4 is 5.32 Å². The molecule has 1 aromatic carbocycles. The average molecular weight is 320 g/mol. The lowest BCUT2D eigenvalue weighted by Gasteiger charge is -2.27. The maximum atomic E-state index is 12.2. The molecule has 1 aromatic rings. The van der Waals surface area contributed by atoms with E-state index < -0.39 is 5.60 Å². The maximum Gasteiger partial charge on any atom is 0.410 e. The van der Waals surface area contributed by atoms with Crippen molar-refractivity contribution in [2.24, 2.45) is 5.41 Å². The van der Waals surface area contributed by atoms with Crippen LogP contribution in [0, 0.1) is 5.41 Å². The Hall–Kier alpha value is -1.75. The molecule has 1 aliphatic rings. The highest BCUT2D eigenvalue weighted by molar-refractivity contribution is 5.68. The fraction of sp³-hybridized carbons (Fsp3) is 0.611. The number of hydrogen-bond donors (Lipinski definition) is 2. The minimum absolute atomic E-state index is 0.0200. The molecule has 23 heavy (non-hydrogen) atoms. The molecule has 1 aliphatic heterocycles. The van der Waals surface area contributed by atoms with Gasteiger partial charge in [0.15, 0.2) is 0 Å². The van der Waals surface area contributed by atoms with Gasteiger partial charge in [0.25, 0.3) is 0 Å². The summed E-state index contributed by atoms with van der Waals surface area (Å²) in [5.74, 6) is 0. The quantitative estimate of drug-likeness (QED) is 0.894. The summed E-state index contributed by atoms with van der Waals surface area (Å²) < 4.78 is 5.45. The molecule has 0 bridgehead atoms. The summed E-state index contributed by atoms with van der Waals surface area (Å²) in [5, 5.41) is 12.6. The SMILES string of the molecule is CC(C)(C)OC(=O)N1CC[C@](C)(CNc2cccc(CO)c2)C1. The van der Waals surface area contributed by atoms with Crippen molar-refractivity contribution in [2.45, 2.75) is 46.3 Å². The molecule has 0 aromatic heterocycles. The van der Waals surface area contributed by atoms with E-state index >= 15 is 0 Å². The lowest BCUT2D eigenvalue weighted by Crippen LogP contribution is -2.37. The van der Waals surface area contributed by atoms with Gasteiger partial charge in [-0.1, -0.05) is 19.1 Å².